The normalized spacial score (nSPS) is 10.1. The zero-order chi connectivity index (χ0) is 8.91. The summed E-state index contributed by atoms with van der Waals surface area (Å²) in [5, 5.41) is 7.83. The van der Waals surface area contributed by atoms with Crippen LogP contribution in [0.5, 0.6) is 0 Å². The highest BCUT2D eigenvalue weighted by Crippen LogP contribution is 2.14. The van der Waals surface area contributed by atoms with E-state index in [-0.39, 0.29) is 0 Å². The second-order valence-electron chi connectivity index (χ2n) is 1.34. The molecule has 0 aromatic heterocycles. The van der Waals surface area contributed by atoms with Crippen LogP contribution in [0.15, 0.2) is 0 Å². The molecule has 0 heterocycles. The van der Waals surface area contributed by atoms with E-state index in [9.17, 15) is 18.0 Å². The van der Waals surface area contributed by atoms with Gasteiger partial charge in [-0.25, -0.2) is 4.79 Å². The Morgan fingerprint density at radius 3 is 2.45 bits per heavy atom. The van der Waals surface area contributed by atoms with Crippen molar-refractivity contribution in [1.82, 2.24) is 0 Å². The van der Waals surface area contributed by atoms with Crippen molar-refractivity contribution in [1.29, 1.82) is 0 Å². The van der Waals surface area contributed by atoms with Crippen LogP contribution in [-0.4, -0.2) is 24.0 Å². The Morgan fingerprint density at radius 1 is 1.55 bits per heavy atom. The molecule has 0 fully saturated rings. The summed E-state index contributed by atoms with van der Waals surface area (Å²) in [6.07, 6.45) is -4.76. The van der Waals surface area contributed by atoms with Gasteiger partial charge in [-0.15, -0.1) is 13.2 Å². The van der Waals surface area contributed by atoms with Crippen LogP contribution >= 0.6 is 0 Å². The summed E-state index contributed by atoms with van der Waals surface area (Å²) in [5.41, 5.74) is 0. The number of rotatable bonds is 1. The Labute approximate surface area is 59.8 Å². The van der Waals surface area contributed by atoms with E-state index in [4.69, 9.17) is 5.11 Å². The first-order chi connectivity index (χ1) is 4.92. The molecule has 0 spiro atoms. The van der Waals surface area contributed by atoms with Gasteiger partial charge in [0.1, 0.15) is 6.61 Å². The number of alkyl halides is 3. The monoisotopic (exact) mass is 168 g/mol. The summed E-state index contributed by atoms with van der Waals surface area (Å²) in [6.45, 7) is -0.963. The van der Waals surface area contributed by atoms with E-state index < -0.39 is 18.9 Å². The van der Waals surface area contributed by atoms with Crippen LogP contribution in [0.4, 0.5) is 13.2 Å². The molecule has 0 unspecified atom stereocenters. The number of carbonyl (C=O) groups is 1. The molecule has 1 N–H and O–H groups in total. The summed E-state index contributed by atoms with van der Waals surface area (Å²) >= 11 is 0. The molecule has 0 saturated carbocycles. The fourth-order valence-corrected chi connectivity index (χ4v) is 0.230. The van der Waals surface area contributed by atoms with Gasteiger partial charge in [-0.2, -0.15) is 0 Å². The van der Waals surface area contributed by atoms with Crippen molar-refractivity contribution in [3.63, 3.8) is 0 Å². The maximum absolute atomic E-state index is 11.1. The Balaban J connectivity index is 3.60. The lowest BCUT2D eigenvalue weighted by atomic mass is 10.6. The molecule has 6 heteroatoms. The largest absolute Gasteiger partial charge is 0.523 e. The van der Waals surface area contributed by atoms with Crippen LogP contribution in [0.25, 0.3) is 0 Å². The Morgan fingerprint density at radius 2 is 2.09 bits per heavy atom. The molecule has 0 aliphatic heterocycles. The topological polar surface area (TPSA) is 46.5 Å². The highest BCUT2D eigenvalue weighted by Gasteiger charge is 2.28. The van der Waals surface area contributed by atoms with Gasteiger partial charge < -0.3 is 5.11 Å². The predicted octanol–water partition coefficient (Wildman–Crippen LogP) is 0.611. The molecule has 0 bridgehead atoms. The molecule has 0 saturated heterocycles. The summed E-state index contributed by atoms with van der Waals surface area (Å²) in [4.78, 5) is 9.61. The van der Waals surface area contributed by atoms with Gasteiger partial charge in [0.25, 0.3) is 0 Å². The molecule has 62 valence electrons. The third-order valence-electron chi connectivity index (χ3n) is 0.503. The molecule has 0 aromatic carbocycles. The van der Waals surface area contributed by atoms with Gasteiger partial charge in [0.15, 0.2) is 0 Å². The first-order valence-electron chi connectivity index (χ1n) is 2.34. The van der Waals surface area contributed by atoms with E-state index in [2.05, 4.69) is 4.74 Å². The Kier molecular flexibility index (Phi) is 3.40. The third kappa shape index (κ3) is 8.78. The minimum absolute atomic E-state index is 0.963. The number of carboxylic acid groups (broad SMARTS) is 1. The standard InChI is InChI=1S/C5H3F3O3/c6-5(7,8)11-3-1-2-4(9)10/h3H2,(H,9,10). The van der Waals surface area contributed by atoms with Crippen LogP contribution in [0.2, 0.25) is 0 Å². The summed E-state index contributed by atoms with van der Waals surface area (Å²) in [5.74, 6) is 1.62. The molecule has 0 aromatic rings. The summed E-state index contributed by atoms with van der Waals surface area (Å²) in [7, 11) is 0. The van der Waals surface area contributed by atoms with Crippen molar-refractivity contribution in [3.05, 3.63) is 0 Å². The van der Waals surface area contributed by atoms with E-state index in [1.54, 1.807) is 5.92 Å². The molecule has 0 amide bonds. The number of carboxylic acids is 1. The van der Waals surface area contributed by atoms with E-state index in [1.807, 2.05) is 0 Å². The summed E-state index contributed by atoms with van der Waals surface area (Å²) < 4.78 is 36.6. The zero-order valence-corrected chi connectivity index (χ0v) is 5.10. The van der Waals surface area contributed by atoms with Crippen LogP contribution in [0, 0.1) is 11.8 Å². The maximum Gasteiger partial charge on any atom is 0.523 e. The van der Waals surface area contributed by atoms with E-state index in [1.165, 1.54) is 5.92 Å². The van der Waals surface area contributed by atoms with Crippen molar-refractivity contribution < 1.29 is 27.8 Å². The number of hydrogen-bond donors (Lipinski definition) is 1. The van der Waals surface area contributed by atoms with Crippen molar-refractivity contribution in [3.8, 4) is 11.8 Å². The molecular formula is C5H3F3O3. The van der Waals surface area contributed by atoms with Crippen LogP contribution in [-0.2, 0) is 9.53 Å². The second kappa shape index (κ2) is 3.83. The number of aliphatic carboxylic acids is 1. The van der Waals surface area contributed by atoms with Gasteiger partial charge in [-0.3, -0.25) is 4.74 Å². The first kappa shape index (κ1) is 9.78. The lowest BCUT2D eigenvalue weighted by Crippen LogP contribution is -2.13. The van der Waals surface area contributed by atoms with Gasteiger partial charge in [-0.05, 0) is 0 Å². The number of hydrogen-bond acceptors (Lipinski definition) is 2. The minimum atomic E-state index is -4.76. The average molecular weight is 168 g/mol. The third-order valence-corrected chi connectivity index (χ3v) is 0.503. The van der Waals surface area contributed by atoms with E-state index >= 15 is 0 Å². The fourth-order valence-electron chi connectivity index (χ4n) is 0.230. The maximum atomic E-state index is 11.1. The van der Waals surface area contributed by atoms with Crippen molar-refractivity contribution in [2.24, 2.45) is 0 Å². The van der Waals surface area contributed by atoms with Gasteiger partial charge in [0.2, 0.25) is 0 Å². The number of ether oxygens (including phenoxy) is 1. The molecule has 3 nitrogen and oxygen atoms in total. The smallest absolute Gasteiger partial charge is 0.472 e. The predicted molar refractivity (Wildman–Crippen MR) is 27.4 cm³/mol. The molecule has 0 aliphatic carbocycles. The fraction of sp³-hybridized carbons (Fsp3) is 0.400. The minimum Gasteiger partial charge on any atom is -0.472 e. The SMILES string of the molecule is O=C(O)C#CCOC(F)(F)F. The number of halogens is 3. The zero-order valence-electron chi connectivity index (χ0n) is 5.10. The molecule has 0 aliphatic rings. The lowest BCUT2D eigenvalue weighted by molar-refractivity contribution is -0.318. The molecule has 0 rings (SSSR count). The highest BCUT2D eigenvalue weighted by molar-refractivity contribution is 5.86. The van der Waals surface area contributed by atoms with Gasteiger partial charge >= 0.3 is 12.3 Å². The quantitative estimate of drug-likeness (QED) is 0.583. The lowest BCUT2D eigenvalue weighted by Gasteiger charge is -2.01. The Hall–Kier alpha value is -1.22. The van der Waals surface area contributed by atoms with Gasteiger partial charge in [0, 0.05) is 5.92 Å². The van der Waals surface area contributed by atoms with Crippen LogP contribution < -0.4 is 0 Å². The highest BCUT2D eigenvalue weighted by atomic mass is 19.4. The average Bonchev–Trinajstić information content (AvgIpc) is 1.78. The van der Waals surface area contributed by atoms with Crippen molar-refractivity contribution in [2.75, 3.05) is 6.61 Å². The van der Waals surface area contributed by atoms with Crippen LogP contribution in [0.3, 0.4) is 0 Å². The van der Waals surface area contributed by atoms with Gasteiger partial charge in [0.05, 0.1) is 0 Å². The molecular weight excluding hydrogens is 165 g/mol. The van der Waals surface area contributed by atoms with Crippen LogP contribution in [0.1, 0.15) is 0 Å². The molecule has 0 radical (unpaired) electrons. The van der Waals surface area contributed by atoms with Gasteiger partial charge in [-0.1, -0.05) is 5.92 Å². The van der Waals surface area contributed by atoms with E-state index in [0.717, 1.165) is 0 Å². The van der Waals surface area contributed by atoms with E-state index in [0.29, 0.717) is 0 Å². The molecule has 0 atom stereocenters. The molecule has 11 heavy (non-hydrogen) atoms. The first-order valence-corrected chi connectivity index (χ1v) is 2.34. The van der Waals surface area contributed by atoms with Crippen molar-refractivity contribution in [2.45, 2.75) is 6.36 Å². The summed E-state index contributed by atoms with van der Waals surface area (Å²) in [6, 6.07) is 0. The van der Waals surface area contributed by atoms with Crippen molar-refractivity contribution >= 4 is 5.97 Å². The Bertz CT molecular complexity index is 197. The second-order valence-corrected chi connectivity index (χ2v) is 1.34.